The van der Waals surface area contributed by atoms with Gasteiger partial charge in [-0.1, -0.05) is 12.1 Å². The van der Waals surface area contributed by atoms with Crippen LogP contribution in [0.2, 0.25) is 0 Å². The van der Waals surface area contributed by atoms with E-state index in [4.69, 9.17) is 5.73 Å². The number of H-pyrrole nitrogens is 1. The Balaban J connectivity index is 0.00000112. The Kier molecular flexibility index (Phi) is 4.12. The Morgan fingerprint density at radius 1 is 1.33 bits per heavy atom. The van der Waals surface area contributed by atoms with Crippen LogP contribution in [0.25, 0.3) is 10.9 Å². The van der Waals surface area contributed by atoms with Crippen molar-refractivity contribution >= 4 is 23.3 Å². The van der Waals surface area contributed by atoms with Crippen LogP contribution >= 0.6 is 12.4 Å². The highest BCUT2D eigenvalue weighted by molar-refractivity contribution is 5.85. The second kappa shape index (κ2) is 5.14. The van der Waals surface area contributed by atoms with Crippen molar-refractivity contribution in [2.24, 2.45) is 5.73 Å². The molecule has 0 radical (unpaired) electrons. The molecule has 1 atom stereocenters. The van der Waals surface area contributed by atoms with Gasteiger partial charge in [-0.25, -0.2) is 0 Å². The summed E-state index contributed by atoms with van der Waals surface area (Å²) in [5.41, 5.74) is 7.85. The lowest BCUT2D eigenvalue weighted by atomic mass is 10.0. The highest BCUT2D eigenvalue weighted by Crippen LogP contribution is 2.19. The van der Waals surface area contributed by atoms with Gasteiger partial charge in [-0.2, -0.15) is 0 Å². The summed E-state index contributed by atoms with van der Waals surface area (Å²) in [6.45, 7) is -0.371. The van der Waals surface area contributed by atoms with Crippen molar-refractivity contribution in [2.75, 3.05) is 6.67 Å². The first kappa shape index (κ1) is 12.0. The number of alkyl halides is 1. The van der Waals surface area contributed by atoms with E-state index < -0.39 is 0 Å². The minimum atomic E-state index is -0.371. The topological polar surface area (TPSA) is 41.8 Å². The van der Waals surface area contributed by atoms with Gasteiger partial charge in [-0.3, -0.25) is 4.39 Å². The zero-order valence-corrected chi connectivity index (χ0v) is 9.06. The second-order valence-corrected chi connectivity index (χ2v) is 3.41. The summed E-state index contributed by atoms with van der Waals surface area (Å²) in [5.74, 6) is 0. The quantitative estimate of drug-likeness (QED) is 0.833. The average Bonchev–Trinajstić information content (AvgIpc) is 2.64. The van der Waals surface area contributed by atoms with Gasteiger partial charge < -0.3 is 10.7 Å². The molecule has 2 aromatic rings. The van der Waals surface area contributed by atoms with Crippen molar-refractivity contribution in [3.05, 3.63) is 36.0 Å². The Labute approximate surface area is 94.1 Å². The summed E-state index contributed by atoms with van der Waals surface area (Å²) in [7, 11) is 0. The molecular weight excluding hydrogens is 215 g/mol. The number of fused-ring (bicyclic) bond motifs is 1. The highest BCUT2D eigenvalue weighted by atomic mass is 35.5. The fraction of sp³-hybridized carbons (Fsp3) is 0.273. The summed E-state index contributed by atoms with van der Waals surface area (Å²) in [5, 5.41) is 1.15. The van der Waals surface area contributed by atoms with E-state index in [1.54, 1.807) is 0 Å². The van der Waals surface area contributed by atoms with E-state index in [9.17, 15) is 4.39 Å². The molecule has 0 unspecified atom stereocenters. The molecule has 82 valence electrons. The molecular formula is C11H14ClFN2. The maximum absolute atomic E-state index is 12.1. The number of hydrogen-bond donors (Lipinski definition) is 2. The summed E-state index contributed by atoms with van der Waals surface area (Å²) in [6, 6.07) is 7.73. The van der Waals surface area contributed by atoms with Crippen molar-refractivity contribution < 1.29 is 4.39 Å². The number of aromatic amines is 1. The zero-order chi connectivity index (χ0) is 9.97. The number of benzene rings is 1. The van der Waals surface area contributed by atoms with Crippen LogP contribution in [-0.2, 0) is 0 Å². The van der Waals surface area contributed by atoms with Crippen LogP contribution in [0.15, 0.2) is 30.5 Å². The molecule has 0 aliphatic carbocycles. The fourth-order valence-corrected chi connectivity index (χ4v) is 1.58. The van der Waals surface area contributed by atoms with Gasteiger partial charge >= 0.3 is 0 Å². The standard InChI is InChI=1S/C11H13FN2.ClH/c12-5-3-10(13)9-2-1-8-4-6-14-11(8)7-9;/h1-2,4,6-7,10,14H,3,5,13H2;1H/t10-;/m1./s1. The van der Waals surface area contributed by atoms with E-state index >= 15 is 0 Å². The van der Waals surface area contributed by atoms with E-state index in [2.05, 4.69) is 4.98 Å². The van der Waals surface area contributed by atoms with Crippen LogP contribution in [0, 0.1) is 0 Å². The largest absolute Gasteiger partial charge is 0.361 e. The predicted molar refractivity (Wildman–Crippen MR) is 63.1 cm³/mol. The Hall–Kier alpha value is -1.06. The molecule has 0 saturated heterocycles. The lowest BCUT2D eigenvalue weighted by Gasteiger charge is -2.09. The minimum absolute atomic E-state index is 0. The normalized spacial score (nSPS) is 12.4. The van der Waals surface area contributed by atoms with Crippen LogP contribution in [0.1, 0.15) is 18.0 Å². The lowest BCUT2D eigenvalue weighted by Crippen LogP contribution is -2.10. The van der Waals surface area contributed by atoms with Gasteiger partial charge in [-0.05, 0) is 29.5 Å². The predicted octanol–water partition coefficient (Wildman–Crippen LogP) is 2.95. The van der Waals surface area contributed by atoms with Crippen LogP contribution in [0.3, 0.4) is 0 Å². The molecule has 2 nitrogen and oxygen atoms in total. The molecule has 0 saturated carbocycles. The van der Waals surface area contributed by atoms with E-state index in [0.29, 0.717) is 6.42 Å². The number of nitrogens with two attached hydrogens (primary N) is 1. The molecule has 15 heavy (non-hydrogen) atoms. The van der Waals surface area contributed by atoms with Gasteiger partial charge in [0.25, 0.3) is 0 Å². The Morgan fingerprint density at radius 2 is 2.13 bits per heavy atom. The fourth-order valence-electron chi connectivity index (χ4n) is 1.58. The summed E-state index contributed by atoms with van der Waals surface area (Å²) in [6.07, 6.45) is 2.27. The van der Waals surface area contributed by atoms with E-state index in [1.807, 2.05) is 30.5 Å². The second-order valence-electron chi connectivity index (χ2n) is 3.41. The number of hydrogen-bond acceptors (Lipinski definition) is 1. The summed E-state index contributed by atoms with van der Waals surface area (Å²) in [4.78, 5) is 3.11. The number of rotatable bonds is 3. The van der Waals surface area contributed by atoms with Crippen LogP contribution in [0.4, 0.5) is 4.39 Å². The minimum Gasteiger partial charge on any atom is -0.361 e. The lowest BCUT2D eigenvalue weighted by molar-refractivity contribution is 0.442. The molecule has 1 aromatic carbocycles. The van der Waals surface area contributed by atoms with Crippen molar-refractivity contribution in [3.63, 3.8) is 0 Å². The molecule has 0 bridgehead atoms. The smallest absolute Gasteiger partial charge is 0.0912 e. The third-order valence-corrected chi connectivity index (χ3v) is 2.43. The molecule has 0 aliphatic rings. The molecule has 0 amide bonds. The van der Waals surface area contributed by atoms with Gasteiger partial charge in [0.15, 0.2) is 0 Å². The Morgan fingerprint density at radius 3 is 2.87 bits per heavy atom. The van der Waals surface area contributed by atoms with Gasteiger partial charge in [0.2, 0.25) is 0 Å². The number of nitrogens with one attached hydrogen (secondary N) is 1. The third-order valence-electron chi connectivity index (χ3n) is 2.43. The number of aromatic nitrogens is 1. The maximum Gasteiger partial charge on any atom is 0.0912 e. The Bertz CT molecular complexity index is 427. The molecule has 1 heterocycles. The van der Waals surface area contributed by atoms with Crippen LogP contribution in [0.5, 0.6) is 0 Å². The molecule has 4 heteroatoms. The van der Waals surface area contributed by atoms with Crippen molar-refractivity contribution in [2.45, 2.75) is 12.5 Å². The van der Waals surface area contributed by atoms with Crippen molar-refractivity contribution in [1.29, 1.82) is 0 Å². The first-order valence-electron chi connectivity index (χ1n) is 4.70. The number of halogens is 2. The highest BCUT2D eigenvalue weighted by Gasteiger charge is 2.06. The van der Waals surface area contributed by atoms with Crippen molar-refractivity contribution in [1.82, 2.24) is 4.98 Å². The van der Waals surface area contributed by atoms with E-state index in [0.717, 1.165) is 16.5 Å². The summed E-state index contributed by atoms with van der Waals surface area (Å²) >= 11 is 0. The van der Waals surface area contributed by atoms with Gasteiger partial charge in [0.1, 0.15) is 0 Å². The average molecular weight is 229 g/mol. The monoisotopic (exact) mass is 228 g/mol. The van der Waals surface area contributed by atoms with Crippen LogP contribution in [-0.4, -0.2) is 11.7 Å². The zero-order valence-electron chi connectivity index (χ0n) is 8.24. The van der Waals surface area contributed by atoms with Gasteiger partial charge in [0, 0.05) is 17.8 Å². The molecule has 2 rings (SSSR count). The van der Waals surface area contributed by atoms with E-state index in [1.165, 1.54) is 0 Å². The van der Waals surface area contributed by atoms with Crippen molar-refractivity contribution in [3.8, 4) is 0 Å². The van der Waals surface area contributed by atoms with Crippen LogP contribution < -0.4 is 5.73 Å². The maximum atomic E-state index is 12.1. The van der Waals surface area contributed by atoms with E-state index in [-0.39, 0.29) is 25.1 Å². The third kappa shape index (κ3) is 2.49. The summed E-state index contributed by atoms with van der Waals surface area (Å²) < 4.78 is 12.1. The molecule has 0 aliphatic heterocycles. The van der Waals surface area contributed by atoms with Gasteiger partial charge in [-0.15, -0.1) is 12.4 Å². The van der Waals surface area contributed by atoms with Gasteiger partial charge in [0.05, 0.1) is 6.67 Å². The SMILES string of the molecule is Cl.N[C@H](CCF)c1ccc2cc[nH]c2c1. The first-order chi connectivity index (χ1) is 6.81. The molecule has 0 spiro atoms. The molecule has 0 fully saturated rings. The molecule has 1 aromatic heterocycles. The molecule has 3 N–H and O–H groups in total. The first-order valence-corrected chi connectivity index (χ1v) is 4.70.